The lowest BCUT2D eigenvalue weighted by Gasteiger charge is -2.47. The van der Waals surface area contributed by atoms with Gasteiger partial charge >= 0.3 is 0 Å². The average Bonchev–Trinajstić information content (AvgIpc) is 3.00. The molecule has 10 heteroatoms. The summed E-state index contributed by atoms with van der Waals surface area (Å²) in [5.74, 6) is -1.22. The fourth-order valence-corrected chi connectivity index (χ4v) is 2.95. The van der Waals surface area contributed by atoms with Crippen LogP contribution < -0.4 is 16.0 Å². The number of aliphatic hydroxyl groups excluding tert-OH is 3. The van der Waals surface area contributed by atoms with Crippen LogP contribution in [0.15, 0.2) is 18.6 Å². The van der Waals surface area contributed by atoms with Gasteiger partial charge in [-0.2, -0.15) is 0 Å². The van der Waals surface area contributed by atoms with E-state index in [0.29, 0.717) is 5.82 Å². The molecule has 4 rings (SSSR count). The molecule has 0 spiro atoms. The molecule has 0 aromatic carbocycles. The van der Waals surface area contributed by atoms with Crippen LogP contribution in [0.3, 0.4) is 0 Å². The maximum absolute atomic E-state index is 12.1. The highest BCUT2D eigenvalue weighted by molar-refractivity contribution is 6.01. The third kappa shape index (κ3) is 1.55. The molecule has 1 aromatic rings. The zero-order valence-corrected chi connectivity index (χ0v) is 11.3. The lowest BCUT2D eigenvalue weighted by molar-refractivity contribution is -0.0523. The minimum absolute atomic E-state index is 0.142. The molecule has 1 fully saturated rings. The van der Waals surface area contributed by atoms with Crippen LogP contribution in [0.25, 0.3) is 0 Å². The number of nitrogens with two attached hydrogens (primary N) is 1. The van der Waals surface area contributed by atoms with E-state index in [1.54, 1.807) is 17.2 Å². The number of aliphatic hydroxyl groups is 3. The van der Waals surface area contributed by atoms with Crippen LogP contribution in [0, 0.1) is 0 Å². The molecule has 5 atom stereocenters. The number of anilines is 1. The number of aromatic nitrogens is 2. The first kappa shape index (κ1) is 13.7. The normalized spacial score (nSPS) is 39.3. The minimum Gasteiger partial charge on any atom is -0.394 e. The summed E-state index contributed by atoms with van der Waals surface area (Å²) in [4.78, 5) is 17.7. The molecule has 0 aliphatic carbocycles. The number of amides is 1. The molecular weight excluding hydrogens is 294 g/mol. The van der Waals surface area contributed by atoms with Gasteiger partial charge in [-0.3, -0.25) is 20.0 Å². The Labute approximate surface area is 124 Å². The Morgan fingerprint density at radius 2 is 2.23 bits per heavy atom. The van der Waals surface area contributed by atoms with Gasteiger partial charge in [0.1, 0.15) is 18.3 Å². The van der Waals surface area contributed by atoms with Gasteiger partial charge in [-0.15, -0.1) is 0 Å². The minimum atomic E-state index is -1.27. The fraction of sp³-hybridized carbons (Fsp3) is 0.500. The highest BCUT2D eigenvalue weighted by Crippen LogP contribution is 2.39. The summed E-state index contributed by atoms with van der Waals surface area (Å²) < 4.78 is 6.90. The predicted octanol–water partition coefficient (Wildman–Crippen LogP) is -2.82. The summed E-state index contributed by atoms with van der Waals surface area (Å²) >= 11 is 0. The molecule has 6 N–H and O–H groups in total. The van der Waals surface area contributed by atoms with Gasteiger partial charge in [-0.25, -0.2) is 4.98 Å². The SMILES string of the molecule is NC12C=CN1c1c(ncn1[C@@H]1O[C@H](CO)[C@@H](O)[C@H]1O)C(=O)N2. The lowest BCUT2D eigenvalue weighted by Crippen LogP contribution is -2.71. The van der Waals surface area contributed by atoms with Crippen molar-refractivity contribution in [2.75, 3.05) is 11.5 Å². The van der Waals surface area contributed by atoms with E-state index in [0.717, 1.165) is 0 Å². The molecule has 3 aliphatic heterocycles. The van der Waals surface area contributed by atoms with E-state index in [1.165, 1.54) is 10.9 Å². The van der Waals surface area contributed by atoms with Crippen LogP contribution in [-0.2, 0) is 4.74 Å². The number of hydrogen-bond acceptors (Lipinski definition) is 8. The van der Waals surface area contributed by atoms with Gasteiger partial charge < -0.3 is 25.4 Å². The Morgan fingerprint density at radius 1 is 1.45 bits per heavy atom. The van der Waals surface area contributed by atoms with Crippen molar-refractivity contribution < 1.29 is 24.9 Å². The van der Waals surface area contributed by atoms with Crippen LogP contribution in [0.5, 0.6) is 0 Å². The van der Waals surface area contributed by atoms with Crippen molar-refractivity contribution in [3.63, 3.8) is 0 Å². The maximum Gasteiger partial charge on any atom is 0.276 e. The van der Waals surface area contributed by atoms with Gasteiger partial charge in [0.25, 0.3) is 5.91 Å². The first-order chi connectivity index (χ1) is 10.5. The summed E-state index contributed by atoms with van der Waals surface area (Å²) in [6, 6.07) is 0. The van der Waals surface area contributed by atoms with E-state index < -0.39 is 42.8 Å². The van der Waals surface area contributed by atoms with Gasteiger partial charge in [0.05, 0.1) is 12.9 Å². The average molecular weight is 309 g/mol. The second-order valence-corrected chi connectivity index (χ2v) is 5.52. The van der Waals surface area contributed by atoms with Crippen molar-refractivity contribution in [3.8, 4) is 0 Å². The first-order valence-electron chi connectivity index (χ1n) is 6.75. The third-order valence-electron chi connectivity index (χ3n) is 4.19. The zero-order valence-electron chi connectivity index (χ0n) is 11.3. The Hall–Kier alpha value is -1.98. The molecule has 1 unspecified atom stereocenters. The van der Waals surface area contributed by atoms with E-state index >= 15 is 0 Å². The van der Waals surface area contributed by atoms with Gasteiger partial charge in [0, 0.05) is 6.20 Å². The number of nitrogens with zero attached hydrogens (tertiary/aromatic N) is 3. The third-order valence-corrected chi connectivity index (χ3v) is 4.19. The molecule has 10 nitrogen and oxygen atoms in total. The molecule has 22 heavy (non-hydrogen) atoms. The van der Waals surface area contributed by atoms with E-state index in [1.807, 2.05) is 0 Å². The number of rotatable bonds is 2. The van der Waals surface area contributed by atoms with Crippen LogP contribution in [0.4, 0.5) is 5.82 Å². The zero-order chi connectivity index (χ0) is 15.6. The molecule has 118 valence electrons. The van der Waals surface area contributed by atoms with E-state index in [4.69, 9.17) is 15.6 Å². The Kier molecular flexibility index (Phi) is 2.65. The lowest BCUT2D eigenvalue weighted by atomic mass is 10.1. The molecule has 0 saturated carbocycles. The number of carbonyl (C=O) groups is 1. The van der Waals surface area contributed by atoms with Crippen molar-refractivity contribution in [1.82, 2.24) is 14.9 Å². The highest BCUT2D eigenvalue weighted by Gasteiger charge is 2.50. The van der Waals surface area contributed by atoms with E-state index in [2.05, 4.69) is 10.3 Å². The second-order valence-electron chi connectivity index (χ2n) is 5.52. The molecular formula is C12H15N5O5. The number of nitrogens with one attached hydrogen (secondary N) is 1. The second kappa shape index (κ2) is 4.27. The molecule has 0 radical (unpaired) electrons. The van der Waals surface area contributed by atoms with E-state index in [9.17, 15) is 15.0 Å². The monoisotopic (exact) mass is 309 g/mol. The summed E-state index contributed by atoms with van der Waals surface area (Å²) in [5.41, 5.74) is 6.17. The van der Waals surface area contributed by atoms with Gasteiger partial charge in [0.15, 0.2) is 23.5 Å². The first-order valence-corrected chi connectivity index (χ1v) is 6.75. The number of imidazole rings is 1. The highest BCUT2D eigenvalue weighted by atomic mass is 16.6. The van der Waals surface area contributed by atoms with Crippen molar-refractivity contribution in [3.05, 3.63) is 24.3 Å². The van der Waals surface area contributed by atoms with Gasteiger partial charge in [-0.1, -0.05) is 0 Å². The maximum atomic E-state index is 12.1. The Morgan fingerprint density at radius 3 is 2.82 bits per heavy atom. The van der Waals surface area contributed by atoms with Gasteiger partial charge in [0.2, 0.25) is 0 Å². The quantitative estimate of drug-likeness (QED) is 0.393. The van der Waals surface area contributed by atoms with Crippen LogP contribution in [0.2, 0.25) is 0 Å². The Bertz CT molecular complexity index is 675. The number of carbonyl (C=O) groups excluding carboxylic acids is 1. The van der Waals surface area contributed by atoms with Crippen LogP contribution in [-0.4, -0.2) is 61.5 Å². The molecule has 4 heterocycles. The standard InChI is InChI=1S/C12H15N5O5/c13-12-1-2-17(12)10-6(9(21)15-12)14-4-16(10)11-8(20)7(19)5(3-18)22-11/h1-2,4-5,7-8,11,18-20H,3,13H2,(H,15,21)/t5-,7-,8-,11-,12?/m1/s1. The number of fused-ring (bicyclic) bond motifs is 3. The largest absolute Gasteiger partial charge is 0.394 e. The fourth-order valence-electron chi connectivity index (χ4n) is 2.95. The van der Waals surface area contributed by atoms with Crippen molar-refractivity contribution in [2.45, 2.75) is 30.3 Å². The summed E-state index contributed by atoms with van der Waals surface area (Å²) in [6.07, 6.45) is 0.221. The molecule has 3 aliphatic rings. The molecule has 1 aromatic heterocycles. The number of hydrogen-bond donors (Lipinski definition) is 5. The predicted molar refractivity (Wildman–Crippen MR) is 71.2 cm³/mol. The van der Waals surface area contributed by atoms with E-state index in [-0.39, 0.29) is 5.69 Å². The van der Waals surface area contributed by atoms with Crippen molar-refractivity contribution >= 4 is 11.7 Å². The Balaban J connectivity index is 1.77. The molecule has 0 bridgehead atoms. The molecule has 1 saturated heterocycles. The topological polar surface area (TPSA) is 146 Å². The number of ether oxygens (including phenoxy) is 1. The summed E-state index contributed by atoms with van der Waals surface area (Å²) in [7, 11) is 0. The summed E-state index contributed by atoms with van der Waals surface area (Å²) in [6.45, 7) is -0.434. The van der Waals surface area contributed by atoms with Crippen molar-refractivity contribution in [2.24, 2.45) is 5.73 Å². The van der Waals surface area contributed by atoms with Crippen LogP contribution in [0.1, 0.15) is 16.7 Å². The van der Waals surface area contributed by atoms with Crippen molar-refractivity contribution in [1.29, 1.82) is 0 Å². The van der Waals surface area contributed by atoms with Gasteiger partial charge in [-0.05, 0) is 6.08 Å². The summed E-state index contributed by atoms with van der Waals surface area (Å²) in [5, 5.41) is 31.8. The smallest absolute Gasteiger partial charge is 0.276 e. The molecule has 1 amide bonds. The van der Waals surface area contributed by atoms with Crippen LogP contribution >= 0.6 is 0 Å².